The van der Waals surface area contributed by atoms with E-state index in [2.05, 4.69) is 10.2 Å². The van der Waals surface area contributed by atoms with Crippen LogP contribution in [-0.4, -0.2) is 10.2 Å². The predicted octanol–water partition coefficient (Wildman–Crippen LogP) is 0.949. The van der Waals surface area contributed by atoms with Gasteiger partial charge in [-0.3, -0.25) is 0 Å². The van der Waals surface area contributed by atoms with Gasteiger partial charge in [-0.05, 0) is 18.9 Å². The lowest BCUT2D eigenvalue weighted by molar-refractivity contribution is 0.727. The molecule has 4 nitrogen and oxygen atoms in total. The van der Waals surface area contributed by atoms with Crippen molar-refractivity contribution < 1.29 is 0 Å². The van der Waals surface area contributed by atoms with Gasteiger partial charge in [0.2, 0.25) is 0 Å². The number of nitriles is 1. The van der Waals surface area contributed by atoms with E-state index in [-0.39, 0.29) is 11.2 Å². The van der Waals surface area contributed by atoms with Crippen LogP contribution in [0.15, 0.2) is 6.07 Å². The van der Waals surface area contributed by atoms with Crippen LogP contribution in [0.5, 0.6) is 0 Å². The summed E-state index contributed by atoms with van der Waals surface area (Å²) in [4.78, 5) is 0. The fourth-order valence-corrected chi connectivity index (χ4v) is 1.47. The maximum atomic E-state index is 8.60. The smallest absolute Gasteiger partial charge is 0.163 e. The first-order valence-electron chi connectivity index (χ1n) is 3.88. The van der Waals surface area contributed by atoms with Crippen LogP contribution in [0.25, 0.3) is 0 Å². The molecule has 1 heterocycles. The van der Waals surface area contributed by atoms with Gasteiger partial charge in [0.25, 0.3) is 0 Å². The van der Waals surface area contributed by atoms with Crippen molar-refractivity contribution in [1.82, 2.24) is 10.2 Å². The molecular weight excluding hydrogens is 188 g/mol. The minimum atomic E-state index is -0.362. The molecule has 0 aliphatic heterocycles. The summed E-state index contributed by atoms with van der Waals surface area (Å²) in [5.74, 6) is 0. The summed E-state index contributed by atoms with van der Waals surface area (Å²) in [6, 6.07) is 3.52. The first-order valence-corrected chi connectivity index (χ1v) is 4.26. The second kappa shape index (κ2) is 2.66. The summed E-state index contributed by atoms with van der Waals surface area (Å²) in [5, 5.41) is 16.2. The molecule has 1 aromatic heterocycles. The lowest BCUT2D eigenvalue weighted by atomic mass is 10.1. The molecule has 0 amide bonds. The number of nitrogens with two attached hydrogens (primary N) is 1. The zero-order valence-electron chi connectivity index (χ0n) is 6.79. The Balaban J connectivity index is 2.50. The van der Waals surface area contributed by atoms with Gasteiger partial charge in [-0.25, -0.2) is 0 Å². The molecule has 13 heavy (non-hydrogen) atoms. The summed E-state index contributed by atoms with van der Waals surface area (Å²) in [5.41, 5.74) is 6.57. The third-order valence-electron chi connectivity index (χ3n) is 2.19. The number of nitrogens with zero attached hydrogens (tertiary/aromatic N) is 3. The summed E-state index contributed by atoms with van der Waals surface area (Å²) in [7, 11) is 0. The molecule has 0 radical (unpaired) electrons. The molecule has 1 aliphatic carbocycles. The lowest BCUT2D eigenvalue weighted by Crippen LogP contribution is -2.20. The van der Waals surface area contributed by atoms with Crippen molar-refractivity contribution in [2.75, 3.05) is 0 Å². The number of aromatic nitrogens is 2. The van der Waals surface area contributed by atoms with Gasteiger partial charge in [0.15, 0.2) is 10.8 Å². The molecular formula is C8H7ClN4. The molecule has 0 aromatic carbocycles. The molecule has 1 fully saturated rings. The molecule has 0 unspecified atom stereocenters. The SMILES string of the molecule is N#Cc1cc(C2(N)CC2)c(Cl)nn1. The number of hydrogen-bond acceptors (Lipinski definition) is 4. The van der Waals surface area contributed by atoms with Crippen LogP contribution in [0.3, 0.4) is 0 Å². The van der Waals surface area contributed by atoms with Crippen LogP contribution in [0, 0.1) is 11.3 Å². The minimum Gasteiger partial charge on any atom is -0.321 e. The van der Waals surface area contributed by atoms with Gasteiger partial charge in [-0.15, -0.1) is 10.2 Å². The summed E-state index contributed by atoms with van der Waals surface area (Å²) < 4.78 is 0. The average molecular weight is 195 g/mol. The van der Waals surface area contributed by atoms with E-state index in [9.17, 15) is 0 Å². The average Bonchev–Trinajstić information content (AvgIpc) is 2.86. The van der Waals surface area contributed by atoms with Gasteiger partial charge in [-0.1, -0.05) is 11.6 Å². The van der Waals surface area contributed by atoms with Crippen molar-refractivity contribution in [2.45, 2.75) is 18.4 Å². The lowest BCUT2D eigenvalue weighted by Gasteiger charge is -2.09. The van der Waals surface area contributed by atoms with Crippen LogP contribution in [0.2, 0.25) is 5.15 Å². The molecule has 1 aromatic rings. The van der Waals surface area contributed by atoms with Gasteiger partial charge in [-0.2, -0.15) is 5.26 Å². The van der Waals surface area contributed by atoms with Gasteiger partial charge in [0, 0.05) is 11.1 Å². The second-order valence-electron chi connectivity index (χ2n) is 3.20. The molecule has 1 aliphatic rings. The van der Waals surface area contributed by atoms with E-state index < -0.39 is 0 Å². The van der Waals surface area contributed by atoms with Crippen molar-refractivity contribution in [3.8, 4) is 6.07 Å². The zero-order valence-corrected chi connectivity index (χ0v) is 7.54. The number of hydrogen-bond donors (Lipinski definition) is 1. The molecule has 66 valence electrons. The minimum absolute atomic E-state index is 0.260. The summed E-state index contributed by atoms with van der Waals surface area (Å²) >= 11 is 5.81. The highest BCUT2D eigenvalue weighted by molar-refractivity contribution is 6.30. The Morgan fingerprint density at radius 2 is 2.23 bits per heavy atom. The fourth-order valence-electron chi connectivity index (χ4n) is 1.18. The van der Waals surface area contributed by atoms with E-state index in [1.807, 2.05) is 6.07 Å². The molecule has 0 bridgehead atoms. The Hall–Kier alpha value is -1.18. The Morgan fingerprint density at radius 3 is 2.77 bits per heavy atom. The van der Waals surface area contributed by atoms with E-state index in [1.165, 1.54) is 0 Å². The molecule has 1 saturated carbocycles. The Bertz CT molecular complexity index is 392. The Kier molecular flexibility index (Phi) is 1.72. The molecule has 0 saturated heterocycles. The van der Waals surface area contributed by atoms with Crippen LogP contribution in [0.4, 0.5) is 0 Å². The van der Waals surface area contributed by atoms with Crippen LogP contribution in [-0.2, 0) is 5.54 Å². The van der Waals surface area contributed by atoms with Crippen molar-refractivity contribution >= 4 is 11.6 Å². The van der Waals surface area contributed by atoms with E-state index in [0.717, 1.165) is 18.4 Å². The molecule has 2 rings (SSSR count). The Morgan fingerprint density at radius 1 is 1.54 bits per heavy atom. The largest absolute Gasteiger partial charge is 0.321 e. The summed E-state index contributed by atoms with van der Waals surface area (Å²) in [6.45, 7) is 0. The van der Waals surface area contributed by atoms with Crippen molar-refractivity contribution in [3.63, 3.8) is 0 Å². The third-order valence-corrected chi connectivity index (χ3v) is 2.47. The van der Waals surface area contributed by atoms with Crippen molar-refractivity contribution in [1.29, 1.82) is 5.26 Å². The monoisotopic (exact) mass is 194 g/mol. The molecule has 0 atom stereocenters. The quantitative estimate of drug-likeness (QED) is 0.722. The van der Waals surface area contributed by atoms with Gasteiger partial charge < -0.3 is 5.73 Å². The molecule has 2 N–H and O–H groups in total. The van der Waals surface area contributed by atoms with Gasteiger partial charge in [0.1, 0.15) is 6.07 Å². The van der Waals surface area contributed by atoms with Gasteiger partial charge in [0.05, 0.1) is 0 Å². The van der Waals surface area contributed by atoms with Gasteiger partial charge >= 0.3 is 0 Å². The van der Waals surface area contributed by atoms with E-state index in [4.69, 9.17) is 22.6 Å². The maximum Gasteiger partial charge on any atom is 0.163 e. The third kappa shape index (κ3) is 1.37. The second-order valence-corrected chi connectivity index (χ2v) is 3.56. The number of halogens is 1. The highest BCUT2D eigenvalue weighted by atomic mass is 35.5. The van der Waals surface area contributed by atoms with Crippen LogP contribution < -0.4 is 5.73 Å². The number of rotatable bonds is 1. The normalized spacial score (nSPS) is 17.9. The fraction of sp³-hybridized carbons (Fsp3) is 0.375. The first-order chi connectivity index (χ1) is 6.15. The van der Waals surface area contributed by atoms with Crippen LogP contribution in [0.1, 0.15) is 24.1 Å². The molecule has 0 spiro atoms. The molecule has 5 heteroatoms. The summed E-state index contributed by atoms with van der Waals surface area (Å²) in [6.07, 6.45) is 1.78. The van der Waals surface area contributed by atoms with E-state index >= 15 is 0 Å². The zero-order chi connectivity index (χ0) is 9.47. The predicted molar refractivity (Wildman–Crippen MR) is 46.9 cm³/mol. The van der Waals surface area contributed by atoms with Crippen LogP contribution >= 0.6 is 11.6 Å². The standard InChI is InChI=1S/C8H7ClN4/c9-7-6(8(11)1-2-8)3-5(4-10)12-13-7/h3H,1-2,11H2. The van der Waals surface area contributed by atoms with E-state index in [1.54, 1.807) is 6.07 Å². The maximum absolute atomic E-state index is 8.60. The highest BCUT2D eigenvalue weighted by Gasteiger charge is 2.42. The first kappa shape index (κ1) is 8.42. The Labute approximate surface area is 80.3 Å². The van der Waals surface area contributed by atoms with E-state index in [0.29, 0.717) is 5.15 Å². The van der Waals surface area contributed by atoms with Crippen molar-refractivity contribution in [2.24, 2.45) is 5.73 Å². The highest BCUT2D eigenvalue weighted by Crippen LogP contribution is 2.44. The topological polar surface area (TPSA) is 75.6 Å². The van der Waals surface area contributed by atoms with Crippen molar-refractivity contribution in [3.05, 3.63) is 22.5 Å².